The number of aromatic nitrogens is 3. The fraction of sp³-hybridized carbons (Fsp3) is 0.316. The van der Waals surface area contributed by atoms with Gasteiger partial charge < -0.3 is 10.1 Å². The van der Waals surface area contributed by atoms with E-state index in [1.54, 1.807) is 28.7 Å². The summed E-state index contributed by atoms with van der Waals surface area (Å²) in [5.41, 5.74) is 1.37. The molecule has 0 fully saturated rings. The Labute approximate surface area is 151 Å². The molecule has 3 aromatic heterocycles. The monoisotopic (exact) mass is 356 g/mol. The molecule has 0 spiro atoms. The summed E-state index contributed by atoms with van der Waals surface area (Å²) >= 11 is 0. The van der Waals surface area contributed by atoms with Gasteiger partial charge in [-0.15, -0.1) is 0 Å². The van der Waals surface area contributed by atoms with Gasteiger partial charge in [0.05, 0.1) is 12.8 Å². The second-order valence-corrected chi connectivity index (χ2v) is 7.24. The van der Waals surface area contributed by atoms with Gasteiger partial charge in [-0.1, -0.05) is 26.8 Å². The zero-order chi connectivity index (χ0) is 18.9. The SMILES string of the molecule is COc1cccc(-c2c(NC(=O)CC(C)(C)C)nc3ccc(F)cn23)n1. The number of hydrogen-bond acceptors (Lipinski definition) is 4. The quantitative estimate of drug-likeness (QED) is 0.769. The normalized spacial score (nSPS) is 11.6. The van der Waals surface area contributed by atoms with Crippen LogP contribution in [0.3, 0.4) is 0 Å². The van der Waals surface area contributed by atoms with E-state index >= 15 is 0 Å². The van der Waals surface area contributed by atoms with Gasteiger partial charge in [-0.25, -0.2) is 14.4 Å². The maximum Gasteiger partial charge on any atom is 0.226 e. The summed E-state index contributed by atoms with van der Waals surface area (Å²) in [5.74, 6) is 0.184. The van der Waals surface area contributed by atoms with Crippen LogP contribution in [0.5, 0.6) is 5.88 Å². The van der Waals surface area contributed by atoms with Crippen LogP contribution in [-0.2, 0) is 4.79 Å². The van der Waals surface area contributed by atoms with Crippen LogP contribution in [0.25, 0.3) is 17.0 Å². The van der Waals surface area contributed by atoms with Crippen molar-refractivity contribution in [2.45, 2.75) is 27.2 Å². The number of carbonyl (C=O) groups is 1. The summed E-state index contributed by atoms with van der Waals surface area (Å²) in [6.07, 6.45) is 1.65. The van der Waals surface area contributed by atoms with Gasteiger partial charge in [0.25, 0.3) is 0 Å². The molecule has 6 nitrogen and oxygen atoms in total. The lowest BCUT2D eigenvalue weighted by Crippen LogP contribution is -2.20. The number of rotatable bonds is 4. The number of imidazole rings is 1. The van der Waals surface area contributed by atoms with Crippen LogP contribution in [0.15, 0.2) is 36.5 Å². The minimum atomic E-state index is -0.411. The number of anilines is 1. The first-order chi connectivity index (χ1) is 12.3. The van der Waals surface area contributed by atoms with Crippen LogP contribution in [0.2, 0.25) is 0 Å². The largest absolute Gasteiger partial charge is 0.481 e. The molecule has 1 N–H and O–H groups in total. The molecule has 26 heavy (non-hydrogen) atoms. The van der Waals surface area contributed by atoms with Crippen molar-refractivity contribution in [2.24, 2.45) is 5.41 Å². The van der Waals surface area contributed by atoms with Crippen molar-refractivity contribution in [3.8, 4) is 17.3 Å². The summed E-state index contributed by atoms with van der Waals surface area (Å²) in [5, 5.41) is 2.84. The lowest BCUT2D eigenvalue weighted by atomic mass is 9.92. The predicted molar refractivity (Wildman–Crippen MR) is 97.6 cm³/mol. The number of methoxy groups -OCH3 is 1. The average molecular weight is 356 g/mol. The first kappa shape index (κ1) is 17.8. The van der Waals surface area contributed by atoms with Gasteiger partial charge in [0.1, 0.15) is 17.2 Å². The molecule has 3 heterocycles. The number of hydrogen-bond donors (Lipinski definition) is 1. The third-order valence-corrected chi connectivity index (χ3v) is 3.71. The number of carbonyl (C=O) groups excluding carboxylic acids is 1. The second kappa shape index (κ2) is 6.74. The van der Waals surface area contributed by atoms with E-state index in [1.807, 2.05) is 20.8 Å². The Kier molecular flexibility index (Phi) is 4.63. The Morgan fingerprint density at radius 3 is 2.69 bits per heavy atom. The van der Waals surface area contributed by atoms with Crippen LogP contribution < -0.4 is 10.1 Å². The van der Waals surface area contributed by atoms with E-state index in [4.69, 9.17) is 4.74 Å². The summed E-state index contributed by atoms with van der Waals surface area (Å²) in [7, 11) is 1.52. The van der Waals surface area contributed by atoms with Gasteiger partial charge in [-0.2, -0.15) is 0 Å². The molecule has 0 saturated carbocycles. The molecule has 3 rings (SSSR count). The number of halogens is 1. The van der Waals surface area contributed by atoms with Gasteiger partial charge in [-0.05, 0) is 23.6 Å². The number of ether oxygens (including phenoxy) is 1. The Morgan fingerprint density at radius 2 is 2.00 bits per heavy atom. The van der Waals surface area contributed by atoms with Gasteiger partial charge in [0.2, 0.25) is 11.8 Å². The van der Waals surface area contributed by atoms with E-state index in [-0.39, 0.29) is 11.3 Å². The zero-order valence-corrected chi connectivity index (χ0v) is 15.2. The van der Waals surface area contributed by atoms with Gasteiger partial charge in [-0.3, -0.25) is 9.20 Å². The number of nitrogens with zero attached hydrogens (tertiary/aromatic N) is 3. The van der Waals surface area contributed by atoms with Crippen molar-refractivity contribution in [1.29, 1.82) is 0 Å². The molecule has 0 aliphatic carbocycles. The Hall–Kier alpha value is -2.96. The molecule has 7 heteroatoms. The van der Waals surface area contributed by atoms with Crippen molar-refractivity contribution < 1.29 is 13.9 Å². The number of pyridine rings is 2. The summed E-state index contributed by atoms with van der Waals surface area (Å²) in [6, 6.07) is 8.13. The highest BCUT2D eigenvalue weighted by Gasteiger charge is 2.21. The smallest absolute Gasteiger partial charge is 0.226 e. The van der Waals surface area contributed by atoms with Gasteiger partial charge >= 0.3 is 0 Å². The number of amides is 1. The summed E-state index contributed by atoms with van der Waals surface area (Å²) in [4.78, 5) is 21.2. The standard InChI is InChI=1S/C19H21FN4O2/c1-19(2,3)10-15(25)23-18-17(13-6-5-7-16(21-13)26-4)24-11-12(20)8-9-14(24)22-18/h5-9,11H,10H2,1-4H3,(H,23,25). The van der Waals surface area contributed by atoms with Crippen molar-refractivity contribution >= 4 is 17.4 Å². The molecule has 3 aromatic rings. The maximum absolute atomic E-state index is 13.8. The maximum atomic E-state index is 13.8. The fourth-order valence-corrected chi connectivity index (χ4v) is 2.67. The van der Waals surface area contributed by atoms with Crippen LogP contribution in [-0.4, -0.2) is 27.4 Å². The Morgan fingerprint density at radius 1 is 1.23 bits per heavy atom. The third-order valence-electron chi connectivity index (χ3n) is 3.71. The lowest BCUT2D eigenvalue weighted by molar-refractivity contribution is -0.117. The zero-order valence-electron chi connectivity index (χ0n) is 15.2. The van der Waals surface area contributed by atoms with Crippen molar-refractivity contribution in [1.82, 2.24) is 14.4 Å². The first-order valence-electron chi connectivity index (χ1n) is 8.26. The predicted octanol–water partition coefficient (Wildman–Crippen LogP) is 3.92. The molecule has 0 aliphatic heterocycles. The molecule has 0 bridgehead atoms. The Balaban J connectivity index is 2.11. The topological polar surface area (TPSA) is 68.5 Å². The average Bonchev–Trinajstić information content (AvgIpc) is 2.89. The molecule has 136 valence electrons. The molecular formula is C19H21FN4O2. The minimum absolute atomic E-state index is 0.162. The summed E-state index contributed by atoms with van der Waals surface area (Å²) in [6.45, 7) is 5.95. The fourth-order valence-electron chi connectivity index (χ4n) is 2.67. The molecule has 0 aromatic carbocycles. The minimum Gasteiger partial charge on any atom is -0.481 e. The third kappa shape index (κ3) is 3.82. The highest BCUT2D eigenvalue weighted by molar-refractivity contribution is 5.94. The molecule has 0 atom stereocenters. The lowest BCUT2D eigenvalue weighted by Gasteiger charge is -2.17. The molecule has 0 aliphatic rings. The van der Waals surface area contributed by atoms with E-state index in [2.05, 4.69) is 15.3 Å². The van der Waals surface area contributed by atoms with Gasteiger partial charge in [0, 0.05) is 18.7 Å². The van der Waals surface area contributed by atoms with Crippen LogP contribution in [0.1, 0.15) is 27.2 Å². The molecular weight excluding hydrogens is 335 g/mol. The Bertz CT molecular complexity index is 960. The van der Waals surface area contributed by atoms with Gasteiger partial charge in [0.15, 0.2) is 5.82 Å². The van der Waals surface area contributed by atoms with Crippen LogP contribution >= 0.6 is 0 Å². The van der Waals surface area contributed by atoms with Crippen molar-refractivity contribution in [2.75, 3.05) is 12.4 Å². The van der Waals surface area contributed by atoms with E-state index in [0.717, 1.165) is 0 Å². The highest BCUT2D eigenvalue weighted by atomic mass is 19.1. The van der Waals surface area contributed by atoms with E-state index in [0.29, 0.717) is 35.2 Å². The first-order valence-corrected chi connectivity index (χ1v) is 8.26. The molecule has 0 radical (unpaired) electrons. The number of nitrogens with one attached hydrogen (secondary N) is 1. The van der Waals surface area contributed by atoms with E-state index in [9.17, 15) is 9.18 Å². The molecule has 0 unspecified atom stereocenters. The van der Waals surface area contributed by atoms with Crippen LogP contribution in [0.4, 0.5) is 10.2 Å². The van der Waals surface area contributed by atoms with Crippen molar-refractivity contribution in [3.63, 3.8) is 0 Å². The molecule has 1 amide bonds. The van der Waals surface area contributed by atoms with Crippen molar-refractivity contribution in [3.05, 3.63) is 42.3 Å². The van der Waals surface area contributed by atoms with E-state index < -0.39 is 5.82 Å². The number of fused-ring (bicyclic) bond motifs is 1. The second-order valence-electron chi connectivity index (χ2n) is 7.24. The summed E-state index contributed by atoms with van der Waals surface area (Å²) < 4.78 is 20.5. The molecule has 0 saturated heterocycles. The van der Waals surface area contributed by atoms with E-state index in [1.165, 1.54) is 19.4 Å². The highest BCUT2D eigenvalue weighted by Crippen LogP contribution is 2.30. The van der Waals surface area contributed by atoms with Crippen LogP contribution in [0, 0.1) is 11.2 Å².